The normalized spacial score (nSPS) is 23.7. The third-order valence-corrected chi connectivity index (χ3v) is 5.04. The Kier molecular flexibility index (Phi) is 5.20. The van der Waals surface area contributed by atoms with Crippen molar-refractivity contribution in [2.45, 2.75) is 72.3 Å². The summed E-state index contributed by atoms with van der Waals surface area (Å²) >= 11 is 0. The van der Waals surface area contributed by atoms with Gasteiger partial charge in [0, 0.05) is 12.6 Å². The molecule has 3 heteroatoms. The zero-order valence-electron chi connectivity index (χ0n) is 12.5. The van der Waals surface area contributed by atoms with E-state index >= 15 is 0 Å². The van der Waals surface area contributed by atoms with E-state index < -0.39 is 0 Å². The number of carbonyl (C=O) groups excluding carboxylic acids is 1. The van der Waals surface area contributed by atoms with E-state index in [0.29, 0.717) is 12.6 Å². The van der Waals surface area contributed by atoms with Gasteiger partial charge in [-0.15, -0.1) is 0 Å². The summed E-state index contributed by atoms with van der Waals surface area (Å²) in [7, 11) is 0. The third kappa shape index (κ3) is 3.05. The highest BCUT2D eigenvalue weighted by molar-refractivity contribution is 5.83. The highest BCUT2D eigenvalue weighted by atomic mass is 16.2. The van der Waals surface area contributed by atoms with E-state index in [1.54, 1.807) is 0 Å². The zero-order chi connectivity index (χ0) is 13.8. The fourth-order valence-corrected chi connectivity index (χ4v) is 3.03. The quantitative estimate of drug-likeness (QED) is 0.792. The minimum Gasteiger partial charge on any atom is -0.352 e. The molecule has 0 aromatic rings. The molecule has 0 radical (unpaired) electrons. The fourth-order valence-electron chi connectivity index (χ4n) is 3.03. The van der Waals surface area contributed by atoms with Gasteiger partial charge in [-0.25, -0.2) is 0 Å². The van der Waals surface area contributed by atoms with E-state index in [9.17, 15) is 4.79 Å². The summed E-state index contributed by atoms with van der Waals surface area (Å²) in [5, 5.41) is 3.28. The molecule has 0 aromatic heterocycles. The van der Waals surface area contributed by atoms with Gasteiger partial charge in [0.15, 0.2) is 0 Å². The van der Waals surface area contributed by atoms with Gasteiger partial charge in [-0.1, -0.05) is 40.5 Å². The largest absolute Gasteiger partial charge is 0.352 e. The first-order chi connectivity index (χ1) is 8.41. The molecule has 1 amide bonds. The summed E-state index contributed by atoms with van der Waals surface area (Å²) in [5.74, 6) is 0.162. The van der Waals surface area contributed by atoms with E-state index in [0.717, 1.165) is 19.3 Å². The summed E-state index contributed by atoms with van der Waals surface area (Å²) in [6, 6.07) is 0.308. The van der Waals surface area contributed by atoms with Crippen LogP contribution in [0.2, 0.25) is 0 Å². The molecule has 1 unspecified atom stereocenters. The van der Waals surface area contributed by atoms with Crippen molar-refractivity contribution in [3.05, 3.63) is 0 Å². The van der Waals surface area contributed by atoms with Gasteiger partial charge in [0.1, 0.15) is 0 Å². The van der Waals surface area contributed by atoms with Gasteiger partial charge in [0.05, 0.1) is 5.41 Å². The predicted octanol–water partition coefficient (Wildman–Crippen LogP) is 2.84. The first-order valence-corrected chi connectivity index (χ1v) is 7.43. The van der Waals surface area contributed by atoms with Crippen LogP contribution in [0.15, 0.2) is 0 Å². The Morgan fingerprint density at radius 1 is 1.33 bits per heavy atom. The van der Waals surface area contributed by atoms with Crippen LogP contribution in [0, 0.1) is 10.8 Å². The zero-order valence-corrected chi connectivity index (χ0v) is 12.5. The van der Waals surface area contributed by atoms with Crippen LogP contribution in [-0.2, 0) is 4.79 Å². The van der Waals surface area contributed by atoms with E-state index in [1.807, 2.05) is 0 Å². The number of nitrogens with two attached hydrogens (primary N) is 1. The number of hydrogen-bond donors (Lipinski definition) is 2. The lowest BCUT2D eigenvalue weighted by atomic mass is 9.72. The van der Waals surface area contributed by atoms with E-state index in [4.69, 9.17) is 5.73 Å². The minimum absolute atomic E-state index is 0.162. The maximum absolute atomic E-state index is 12.5. The maximum Gasteiger partial charge on any atom is 0.227 e. The van der Waals surface area contributed by atoms with Crippen molar-refractivity contribution in [3.63, 3.8) is 0 Å². The Balaban J connectivity index is 2.73. The number of carbonyl (C=O) groups is 1. The SMILES string of the molecule is CCC(CC)(CN)C(=O)NC1CCCCC1(C)C. The molecule has 106 valence electrons. The van der Waals surface area contributed by atoms with Crippen LogP contribution in [0.25, 0.3) is 0 Å². The van der Waals surface area contributed by atoms with Gasteiger partial charge >= 0.3 is 0 Å². The second-order valence-corrected chi connectivity index (χ2v) is 6.45. The number of rotatable bonds is 5. The van der Waals surface area contributed by atoms with Crippen LogP contribution in [-0.4, -0.2) is 18.5 Å². The van der Waals surface area contributed by atoms with Gasteiger partial charge in [-0.3, -0.25) is 4.79 Å². The molecule has 0 saturated heterocycles. The second-order valence-electron chi connectivity index (χ2n) is 6.45. The molecular formula is C15H30N2O. The van der Waals surface area contributed by atoms with Crippen molar-refractivity contribution in [2.24, 2.45) is 16.6 Å². The van der Waals surface area contributed by atoms with Crippen molar-refractivity contribution < 1.29 is 4.79 Å². The summed E-state index contributed by atoms with van der Waals surface area (Å²) in [6.45, 7) is 9.08. The molecule has 1 rings (SSSR count). The molecule has 1 saturated carbocycles. The van der Waals surface area contributed by atoms with Crippen molar-refractivity contribution in [2.75, 3.05) is 6.54 Å². The van der Waals surface area contributed by atoms with Crippen LogP contribution in [0.4, 0.5) is 0 Å². The summed E-state index contributed by atoms with van der Waals surface area (Å²) in [6.07, 6.45) is 6.45. The van der Waals surface area contributed by atoms with Crippen molar-refractivity contribution in [1.82, 2.24) is 5.32 Å². The smallest absolute Gasteiger partial charge is 0.227 e. The Bertz CT molecular complexity index is 274. The third-order valence-electron chi connectivity index (χ3n) is 5.04. The van der Waals surface area contributed by atoms with Crippen molar-refractivity contribution in [1.29, 1.82) is 0 Å². The fraction of sp³-hybridized carbons (Fsp3) is 0.933. The van der Waals surface area contributed by atoms with Crippen LogP contribution in [0.5, 0.6) is 0 Å². The maximum atomic E-state index is 12.5. The standard InChI is InChI=1S/C15H30N2O/c1-5-15(6-2,11-16)13(18)17-12-9-7-8-10-14(12,3)4/h12H,5-11,16H2,1-4H3,(H,17,18). The number of hydrogen-bond acceptors (Lipinski definition) is 2. The van der Waals surface area contributed by atoms with E-state index in [1.165, 1.54) is 19.3 Å². The average Bonchev–Trinajstić information content (AvgIpc) is 2.35. The van der Waals surface area contributed by atoms with Crippen LogP contribution in [0.3, 0.4) is 0 Å². The van der Waals surface area contributed by atoms with Gasteiger partial charge in [-0.2, -0.15) is 0 Å². The van der Waals surface area contributed by atoms with Crippen molar-refractivity contribution >= 4 is 5.91 Å². The molecule has 0 spiro atoms. The minimum atomic E-state index is -0.368. The first kappa shape index (κ1) is 15.5. The van der Waals surface area contributed by atoms with E-state index in [2.05, 4.69) is 33.0 Å². The molecule has 0 bridgehead atoms. The van der Waals surface area contributed by atoms with Gasteiger partial charge in [0.2, 0.25) is 5.91 Å². The summed E-state index contributed by atoms with van der Waals surface area (Å²) in [5.41, 5.74) is 5.69. The highest BCUT2D eigenvalue weighted by Gasteiger charge is 2.38. The Hall–Kier alpha value is -0.570. The second kappa shape index (κ2) is 6.05. The molecule has 3 N–H and O–H groups in total. The molecule has 3 nitrogen and oxygen atoms in total. The Morgan fingerprint density at radius 3 is 2.39 bits per heavy atom. The Morgan fingerprint density at radius 2 is 1.94 bits per heavy atom. The van der Waals surface area contributed by atoms with Crippen LogP contribution < -0.4 is 11.1 Å². The number of nitrogens with one attached hydrogen (secondary N) is 1. The molecule has 1 aliphatic carbocycles. The molecule has 1 atom stereocenters. The molecular weight excluding hydrogens is 224 g/mol. The molecule has 18 heavy (non-hydrogen) atoms. The average molecular weight is 254 g/mol. The molecule has 1 fully saturated rings. The van der Waals surface area contributed by atoms with E-state index in [-0.39, 0.29) is 16.7 Å². The van der Waals surface area contributed by atoms with Gasteiger partial charge < -0.3 is 11.1 Å². The molecule has 0 aliphatic heterocycles. The summed E-state index contributed by atoms with van der Waals surface area (Å²) in [4.78, 5) is 12.5. The lowest BCUT2D eigenvalue weighted by molar-refractivity contribution is -0.133. The van der Waals surface area contributed by atoms with Crippen LogP contribution >= 0.6 is 0 Å². The lowest BCUT2D eigenvalue weighted by Crippen LogP contribution is -2.53. The monoisotopic (exact) mass is 254 g/mol. The van der Waals surface area contributed by atoms with Gasteiger partial charge in [-0.05, 0) is 31.1 Å². The van der Waals surface area contributed by atoms with Crippen LogP contribution in [0.1, 0.15) is 66.2 Å². The van der Waals surface area contributed by atoms with Crippen molar-refractivity contribution in [3.8, 4) is 0 Å². The highest BCUT2D eigenvalue weighted by Crippen LogP contribution is 2.36. The lowest BCUT2D eigenvalue weighted by Gasteiger charge is -2.41. The molecule has 0 heterocycles. The first-order valence-electron chi connectivity index (χ1n) is 7.43. The number of amides is 1. The molecule has 0 aromatic carbocycles. The topological polar surface area (TPSA) is 55.1 Å². The predicted molar refractivity (Wildman–Crippen MR) is 76.2 cm³/mol. The van der Waals surface area contributed by atoms with Gasteiger partial charge in [0.25, 0.3) is 0 Å². The molecule has 1 aliphatic rings. The summed E-state index contributed by atoms with van der Waals surface area (Å²) < 4.78 is 0. The Labute approximate surface area is 112 Å².